The molecule has 0 aliphatic heterocycles. The minimum Gasteiger partial charge on any atom is -0.335 e. The van der Waals surface area contributed by atoms with E-state index in [-0.39, 0.29) is 11.9 Å². The van der Waals surface area contributed by atoms with E-state index in [0.29, 0.717) is 36.0 Å². The van der Waals surface area contributed by atoms with Gasteiger partial charge in [0.05, 0.1) is 0 Å². The van der Waals surface area contributed by atoms with Gasteiger partial charge in [0.2, 0.25) is 5.91 Å². The molecule has 1 aliphatic carbocycles. The van der Waals surface area contributed by atoms with Gasteiger partial charge >= 0.3 is 6.03 Å². The molecule has 0 radical (unpaired) electrons. The molecule has 3 N–H and O–H groups in total. The van der Waals surface area contributed by atoms with Gasteiger partial charge in [-0.15, -0.1) is 0 Å². The number of anilines is 2. The lowest BCUT2D eigenvalue weighted by Crippen LogP contribution is -2.30. The Labute approximate surface area is 167 Å². The second-order valence-corrected chi connectivity index (χ2v) is 7.23. The van der Waals surface area contributed by atoms with Gasteiger partial charge in [0.25, 0.3) is 5.78 Å². The zero-order chi connectivity index (χ0) is 20.4. The topological polar surface area (TPSA) is 113 Å². The Morgan fingerprint density at radius 1 is 1.10 bits per heavy atom. The fourth-order valence-corrected chi connectivity index (χ4v) is 3.20. The average molecular weight is 393 g/mol. The fraction of sp³-hybridized carbons (Fsp3) is 0.350. The summed E-state index contributed by atoms with van der Waals surface area (Å²) < 4.78 is 1.69. The number of urea groups is 1. The van der Waals surface area contributed by atoms with E-state index in [4.69, 9.17) is 0 Å². The smallest absolute Gasteiger partial charge is 0.319 e. The first kappa shape index (κ1) is 18.9. The molecule has 0 spiro atoms. The molecule has 0 atom stereocenters. The third-order valence-corrected chi connectivity index (χ3v) is 4.93. The first-order chi connectivity index (χ1) is 14.0. The van der Waals surface area contributed by atoms with Crippen LogP contribution in [0.1, 0.15) is 36.2 Å². The second-order valence-electron chi connectivity index (χ2n) is 7.23. The fourth-order valence-electron chi connectivity index (χ4n) is 3.20. The quantitative estimate of drug-likeness (QED) is 0.596. The van der Waals surface area contributed by atoms with E-state index in [0.717, 1.165) is 29.8 Å². The number of aryl methyl sites for hydroxylation is 2. The number of rotatable bonds is 6. The Kier molecular flexibility index (Phi) is 5.11. The molecule has 3 amide bonds. The molecule has 1 saturated carbocycles. The summed E-state index contributed by atoms with van der Waals surface area (Å²) in [6.45, 7) is 3.87. The molecule has 29 heavy (non-hydrogen) atoms. The highest BCUT2D eigenvalue weighted by atomic mass is 16.2. The summed E-state index contributed by atoms with van der Waals surface area (Å²) in [7, 11) is 0. The number of hydrogen-bond acceptors (Lipinski definition) is 5. The maximum Gasteiger partial charge on any atom is 0.319 e. The molecule has 1 aliphatic rings. The number of fused-ring (bicyclic) bond motifs is 1. The van der Waals surface area contributed by atoms with Gasteiger partial charge in [0.1, 0.15) is 6.33 Å². The summed E-state index contributed by atoms with van der Waals surface area (Å²) in [5.41, 5.74) is 4.16. The van der Waals surface area contributed by atoms with Crippen molar-refractivity contribution in [3.05, 3.63) is 47.5 Å². The van der Waals surface area contributed by atoms with E-state index >= 15 is 0 Å². The van der Waals surface area contributed by atoms with Gasteiger partial charge in [0, 0.05) is 35.2 Å². The monoisotopic (exact) mass is 393 g/mol. The normalized spacial score (nSPS) is 13.3. The predicted octanol–water partition coefficient (Wildman–Crippen LogP) is 2.60. The van der Waals surface area contributed by atoms with E-state index in [1.54, 1.807) is 28.8 Å². The Balaban J connectivity index is 1.32. The summed E-state index contributed by atoms with van der Waals surface area (Å²) in [6, 6.07) is 7.17. The van der Waals surface area contributed by atoms with Crippen LogP contribution in [0.5, 0.6) is 0 Å². The van der Waals surface area contributed by atoms with Crippen molar-refractivity contribution in [1.29, 1.82) is 0 Å². The number of carbonyl (C=O) groups excluding carboxylic acids is 2. The third-order valence-electron chi connectivity index (χ3n) is 4.93. The average Bonchev–Trinajstić information content (AvgIpc) is 3.36. The van der Waals surface area contributed by atoms with Gasteiger partial charge in [-0.1, -0.05) is 0 Å². The lowest BCUT2D eigenvalue weighted by molar-refractivity contribution is -0.116. The third kappa shape index (κ3) is 4.50. The molecule has 2 heterocycles. The second kappa shape index (κ2) is 7.86. The summed E-state index contributed by atoms with van der Waals surface area (Å²) in [4.78, 5) is 32.7. The van der Waals surface area contributed by atoms with E-state index in [1.807, 2.05) is 13.8 Å². The van der Waals surface area contributed by atoms with E-state index < -0.39 is 0 Å². The van der Waals surface area contributed by atoms with Gasteiger partial charge in [-0.05, 0) is 62.9 Å². The van der Waals surface area contributed by atoms with Gasteiger partial charge in [-0.25, -0.2) is 14.3 Å². The van der Waals surface area contributed by atoms with Gasteiger partial charge in [-0.3, -0.25) is 4.79 Å². The standard InChI is InChI=1S/C20H23N7O2/c1-12-17(13(2)27-19(23-12)21-11-22-27)9-10-18(28)24-14-3-5-15(6-4-14)25-20(29)26-16-7-8-16/h3-6,11,16H,7-10H2,1-2H3,(H,24,28)(H2,25,26,29). The van der Waals surface area contributed by atoms with E-state index in [1.165, 1.54) is 6.33 Å². The maximum atomic E-state index is 12.4. The summed E-state index contributed by atoms with van der Waals surface area (Å²) in [5.74, 6) is 0.474. The first-order valence-corrected chi connectivity index (χ1v) is 9.63. The largest absolute Gasteiger partial charge is 0.335 e. The predicted molar refractivity (Wildman–Crippen MR) is 109 cm³/mol. The highest BCUT2D eigenvalue weighted by Gasteiger charge is 2.23. The number of benzene rings is 1. The number of nitrogens with zero attached hydrogens (tertiary/aromatic N) is 4. The zero-order valence-electron chi connectivity index (χ0n) is 16.4. The molecule has 1 fully saturated rings. The molecule has 0 bridgehead atoms. The Morgan fingerprint density at radius 2 is 1.79 bits per heavy atom. The molecular weight excluding hydrogens is 370 g/mol. The van der Waals surface area contributed by atoms with Gasteiger partial charge < -0.3 is 16.0 Å². The lowest BCUT2D eigenvalue weighted by atomic mass is 10.1. The van der Waals surface area contributed by atoms with Gasteiger partial charge in [0.15, 0.2) is 0 Å². The van der Waals surface area contributed by atoms with Crippen molar-refractivity contribution in [2.75, 3.05) is 10.6 Å². The minimum atomic E-state index is -0.201. The summed E-state index contributed by atoms with van der Waals surface area (Å²) in [5, 5.41) is 12.7. The lowest BCUT2D eigenvalue weighted by Gasteiger charge is -2.11. The van der Waals surface area contributed by atoms with Crippen LogP contribution in [0.15, 0.2) is 30.6 Å². The van der Waals surface area contributed by atoms with Crippen LogP contribution in [0.4, 0.5) is 16.2 Å². The minimum absolute atomic E-state index is 0.0883. The number of amides is 3. The summed E-state index contributed by atoms with van der Waals surface area (Å²) in [6.07, 6.45) is 4.44. The zero-order valence-corrected chi connectivity index (χ0v) is 16.4. The first-order valence-electron chi connectivity index (χ1n) is 9.63. The Hall–Kier alpha value is -3.49. The van der Waals surface area contributed by atoms with Crippen LogP contribution in [-0.2, 0) is 11.2 Å². The molecule has 9 heteroatoms. The van der Waals surface area contributed by atoms with Crippen LogP contribution < -0.4 is 16.0 Å². The molecule has 9 nitrogen and oxygen atoms in total. The highest BCUT2D eigenvalue weighted by Crippen LogP contribution is 2.20. The maximum absolute atomic E-state index is 12.4. The number of aromatic nitrogens is 4. The number of nitrogens with one attached hydrogen (secondary N) is 3. The molecule has 150 valence electrons. The van der Waals surface area contributed by atoms with Crippen LogP contribution in [0.2, 0.25) is 0 Å². The van der Waals surface area contributed by atoms with Gasteiger partial charge in [-0.2, -0.15) is 10.1 Å². The van der Waals surface area contributed by atoms with Crippen molar-refractivity contribution in [3.63, 3.8) is 0 Å². The van der Waals surface area contributed by atoms with Crippen LogP contribution >= 0.6 is 0 Å². The molecule has 1 aromatic carbocycles. The van der Waals surface area contributed by atoms with Crippen molar-refractivity contribution in [2.45, 2.75) is 45.6 Å². The summed E-state index contributed by atoms with van der Waals surface area (Å²) >= 11 is 0. The molecule has 2 aromatic heterocycles. The van der Waals surface area contributed by atoms with E-state index in [2.05, 4.69) is 31.0 Å². The number of hydrogen-bond donors (Lipinski definition) is 3. The molecule has 0 unspecified atom stereocenters. The molecule has 4 rings (SSSR count). The Morgan fingerprint density at radius 3 is 2.48 bits per heavy atom. The Bertz CT molecular complexity index is 1050. The van der Waals surface area contributed by atoms with Crippen molar-refractivity contribution in [1.82, 2.24) is 24.9 Å². The van der Waals surface area contributed by atoms with Crippen LogP contribution in [0.25, 0.3) is 5.78 Å². The SMILES string of the molecule is Cc1nc2ncnn2c(C)c1CCC(=O)Nc1ccc(NC(=O)NC2CC2)cc1. The van der Waals surface area contributed by atoms with Crippen LogP contribution in [0, 0.1) is 13.8 Å². The highest BCUT2D eigenvalue weighted by molar-refractivity contribution is 5.92. The molecular formula is C20H23N7O2. The van der Waals surface area contributed by atoms with E-state index in [9.17, 15) is 9.59 Å². The molecule has 0 saturated heterocycles. The van der Waals surface area contributed by atoms with Crippen molar-refractivity contribution in [2.24, 2.45) is 0 Å². The van der Waals surface area contributed by atoms with Crippen LogP contribution in [-0.4, -0.2) is 37.6 Å². The van der Waals surface area contributed by atoms with Crippen molar-refractivity contribution in [3.8, 4) is 0 Å². The van der Waals surface area contributed by atoms with Crippen molar-refractivity contribution >= 4 is 29.1 Å². The van der Waals surface area contributed by atoms with Crippen LogP contribution in [0.3, 0.4) is 0 Å². The number of carbonyl (C=O) groups is 2. The molecule has 3 aromatic rings. The van der Waals surface area contributed by atoms with Crippen molar-refractivity contribution < 1.29 is 9.59 Å².